The van der Waals surface area contributed by atoms with E-state index in [-0.39, 0.29) is 6.04 Å². The summed E-state index contributed by atoms with van der Waals surface area (Å²) in [6, 6.07) is 5.77. The van der Waals surface area contributed by atoms with Gasteiger partial charge in [0.15, 0.2) is 0 Å². The number of halogens is 2. The fraction of sp³-hybridized carbons (Fsp3) is 0.357. The maximum absolute atomic E-state index is 6.15. The van der Waals surface area contributed by atoms with Crippen molar-refractivity contribution in [3.8, 4) is 0 Å². The van der Waals surface area contributed by atoms with Crippen LogP contribution in [0.1, 0.15) is 19.1 Å². The van der Waals surface area contributed by atoms with Gasteiger partial charge in [-0.15, -0.1) is 0 Å². The lowest BCUT2D eigenvalue weighted by Gasteiger charge is -2.16. The molecular formula is C14H17Cl2N3O. The fourth-order valence-electron chi connectivity index (χ4n) is 1.86. The second-order valence-corrected chi connectivity index (χ2v) is 5.38. The molecule has 1 atom stereocenters. The Labute approximate surface area is 128 Å². The quantitative estimate of drug-likeness (QED) is 0.827. The van der Waals surface area contributed by atoms with Crippen LogP contribution in [0.3, 0.4) is 0 Å². The topological polar surface area (TPSA) is 50.1 Å². The van der Waals surface area contributed by atoms with Crippen LogP contribution in [-0.2, 0) is 6.42 Å². The van der Waals surface area contributed by atoms with Gasteiger partial charge in [0.1, 0.15) is 17.4 Å². The van der Waals surface area contributed by atoms with Crippen molar-refractivity contribution >= 4 is 34.8 Å². The zero-order chi connectivity index (χ0) is 14.5. The third-order valence-electron chi connectivity index (χ3n) is 2.95. The molecule has 20 heavy (non-hydrogen) atoms. The molecule has 0 aromatic carbocycles. The summed E-state index contributed by atoms with van der Waals surface area (Å²) in [5.41, 5.74) is 0. The van der Waals surface area contributed by atoms with Crippen molar-refractivity contribution in [3.63, 3.8) is 0 Å². The fourth-order valence-corrected chi connectivity index (χ4v) is 2.37. The van der Waals surface area contributed by atoms with Crippen molar-refractivity contribution < 1.29 is 4.42 Å². The van der Waals surface area contributed by atoms with Crippen molar-refractivity contribution in [1.29, 1.82) is 0 Å². The summed E-state index contributed by atoms with van der Waals surface area (Å²) >= 11 is 12.2. The van der Waals surface area contributed by atoms with Crippen LogP contribution in [0.15, 0.2) is 28.9 Å². The summed E-state index contributed by atoms with van der Waals surface area (Å²) in [5, 5.41) is 7.24. The molecule has 2 aromatic rings. The minimum absolute atomic E-state index is 0.219. The van der Waals surface area contributed by atoms with E-state index in [0.29, 0.717) is 21.7 Å². The summed E-state index contributed by atoms with van der Waals surface area (Å²) < 4.78 is 5.31. The maximum Gasteiger partial charge on any atom is 0.147 e. The predicted molar refractivity (Wildman–Crippen MR) is 83.9 cm³/mol. The predicted octanol–water partition coefficient (Wildman–Crippen LogP) is 4.46. The molecule has 0 fully saturated rings. The molecule has 108 valence electrons. The number of furan rings is 1. The van der Waals surface area contributed by atoms with Crippen molar-refractivity contribution in [1.82, 2.24) is 4.98 Å². The van der Waals surface area contributed by atoms with E-state index in [1.807, 2.05) is 12.1 Å². The number of nitrogens with one attached hydrogen (secondary N) is 2. The van der Waals surface area contributed by atoms with Crippen LogP contribution in [0.4, 0.5) is 11.6 Å². The van der Waals surface area contributed by atoms with Gasteiger partial charge < -0.3 is 15.1 Å². The van der Waals surface area contributed by atoms with E-state index in [1.54, 1.807) is 19.4 Å². The lowest BCUT2D eigenvalue weighted by atomic mass is 10.1. The van der Waals surface area contributed by atoms with Crippen molar-refractivity contribution in [2.24, 2.45) is 0 Å². The van der Waals surface area contributed by atoms with Gasteiger partial charge in [0.25, 0.3) is 0 Å². The molecule has 0 aliphatic rings. The van der Waals surface area contributed by atoms with E-state index < -0.39 is 0 Å². The normalized spacial score (nSPS) is 12.2. The monoisotopic (exact) mass is 313 g/mol. The Hall–Kier alpha value is -1.39. The zero-order valence-electron chi connectivity index (χ0n) is 11.4. The molecule has 2 rings (SSSR count). The Morgan fingerprint density at radius 3 is 2.70 bits per heavy atom. The second kappa shape index (κ2) is 6.86. The van der Waals surface area contributed by atoms with Crippen LogP contribution in [0.2, 0.25) is 10.0 Å². The lowest BCUT2D eigenvalue weighted by Crippen LogP contribution is -2.17. The number of aromatic nitrogens is 1. The van der Waals surface area contributed by atoms with Crippen LogP contribution in [0, 0.1) is 0 Å². The van der Waals surface area contributed by atoms with E-state index >= 15 is 0 Å². The first-order valence-electron chi connectivity index (χ1n) is 6.43. The molecule has 0 spiro atoms. The SMILES string of the molecule is CNc1nc(NC(C)CCc2ccco2)c(Cl)cc1Cl. The zero-order valence-corrected chi connectivity index (χ0v) is 12.9. The molecule has 2 heterocycles. The Morgan fingerprint density at radius 1 is 1.30 bits per heavy atom. The van der Waals surface area contributed by atoms with E-state index in [4.69, 9.17) is 27.6 Å². The molecule has 0 radical (unpaired) electrons. The molecule has 6 heteroatoms. The summed E-state index contributed by atoms with van der Waals surface area (Å²) in [7, 11) is 1.77. The summed E-state index contributed by atoms with van der Waals surface area (Å²) in [4.78, 5) is 4.37. The van der Waals surface area contributed by atoms with Crippen molar-refractivity contribution in [3.05, 3.63) is 40.3 Å². The molecule has 1 unspecified atom stereocenters. The minimum atomic E-state index is 0.219. The summed E-state index contributed by atoms with van der Waals surface area (Å²) in [6.45, 7) is 2.08. The molecule has 0 saturated carbocycles. The molecule has 4 nitrogen and oxygen atoms in total. The minimum Gasteiger partial charge on any atom is -0.469 e. The molecule has 2 aromatic heterocycles. The van der Waals surface area contributed by atoms with Crippen molar-refractivity contribution in [2.45, 2.75) is 25.8 Å². The van der Waals surface area contributed by atoms with Gasteiger partial charge in [-0.05, 0) is 31.5 Å². The number of hydrogen-bond donors (Lipinski definition) is 2. The third kappa shape index (κ3) is 3.81. The van der Waals surface area contributed by atoms with Gasteiger partial charge in [0.05, 0.1) is 16.3 Å². The maximum atomic E-state index is 6.15. The van der Waals surface area contributed by atoms with E-state index in [1.165, 1.54) is 0 Å². The second-order valence-electron chi connectivity index (χ2n) is 4.56. The largest absolute Gasteiger partial charge is 0.469 e. The van der Waals surface area contributed by atoms with E-state index in [0.717, 1.165) is 18.6 Å². The van der Waals surface area contributed by atoms with Gasteiger partial charge in [-0.25, -0.2) is 4.98 Å². The highest BCUT2D eigenvalue weighted by atomic mass is 35.5. The van der Waals surface area contributed by atoms with Crippen LogP contribution in [-0.4, -0.2) is 18.1 Å². The molecule has 0 bridgehead atoms. The van der Waals surface area contributed by atoms with Crippen LogP contribution in [0.5, 0.6) is 0 Å². The van der Waals surface area contributed by atoms with E-state index in [2.05, 4.69) is 22.5 Å². The van der Waals surface area contributed by atoms with Gasteiger partial charge in [0.2, 0.25) is 0 Å². The smallest absolute Gasteiger partial charge is 0.147 e. The van der Waals surface area contributed by atoms with Gasteiger partial charge in [-0.2, -0.15) is 0 Å². The van der Waals surface area contributed by atoms with Gasteiger partial charge in [-0.1, -0.05) is 23.2 Å². The Balaban J connectivity index is 1.98. The number of aryl methyl sites for hydroxylation is 1. The number of hydrogen-bond acceptors (Lipinski definition) is 4. The first-order valence-corrected chi connectivity index (χ1v) is 7.18. The number of pyridine rings is 1. The highest BCUT2D eigenvalue weighted by Crippen LogP contribution is 2.29. The highest BCUT2D eigenvalue weighted by molar-refractivity contribution is 6.37. The van der Waals surface area contributed by atoms with Crippen molar-refractivity contribution in [2.75, 3.05) is 17.7 Å². The van der Waals surface area contributed by atoms with Gasteiger partial charge in [-0.3, -0.25) is 0 Å². The van der Waals surface area contributed by atoms with Gasteiger partial charge in [0, 0.05) is 19.5 Å². The Bertz CT molecular complexity index is 558. The molecule has 0 aliphatic heterocycles. The standard InChI is InChI=1S/C14H17Cl2N3O/c1-9(5-6-10-4-3-7-20-10)18-14-12(16)8-11(15)13(17-2)19-14/h3-4,7-9H,5-6H2,1-2H3,(H2,17,18,19). The lowest BCUT2D eigenvalue weighted by molar-refractivity contribution is 0.495. The van der Waals surface area contributed by atoms with Crippen LogP contribution < -0.4 is 10.6 Å². The Morgan fingerprint density at radius 2 is 2.05 bits per heavy atom. The number of nitrogens with zero attached hydrogens (tertiary/aromatic N) is 1. The number of anilines is 2. The summed E-state index contributed by atoms with van der Waals surface area (Å²) in [5.74, 6) is 2.22. The van der Waals surface area contributed by atoms with Gasteiger partial charge >= 0.3 is 0 Å². The Kier molecular flexibility index (Phi) is 5.15. The van der Waals surface area contributed by atoms with E-state index in [9.17, 15) is 0 Å². The van der Waals surface area contributed by atoms with Crippen LogP contribution >= 0.6 is 23.2 Å². The molecule has 0 amide bonds. The average Bonchev–Trinajstić information content (AvgIpc) is 2.93. The molecule has 2 N–H and O–H groups in total. The third-order valence-corrected chi connectivity index (χ3v) is 3.53. The first-order chi connectivity index (χ1) is 9.60. The van der Waals surface area contributed by atoms with Crippen LogP contribution in [0.25, 0.3) is 0 Å². The molecule has 0 saturated heterocycles. The molecule has 0 aliphatic carbocycles. The average molecular weight is 314 g/mol. The summed E-state index contributed by atoms with van der Waals surface area (Å²) in [6.07, 6.45) is 3.47. The first kappa shape index (κ1) is 15.0. The number of rotatable bonds is 6. The highest BCUT2D eigenvalue weighted by Gasteiger charge is 2.11. The molecular weight excluding hydrogens is 297 g/mol.